The van der Waals surface area contributed by atoms with E-state index in [1.54, 1.807) is 15.9 Å². The Labute approximate surface area is 142 Å². The second-order valence-electron chi connectivity index (χ2n) is 5.93. The van der Waals surface area contributed by atoms with Gasteiger partial charge < -0.3 is 4.74 Å². The van der Waals surface area contributed by atoms with Crippen LogP contribution in [-0.2, 0) is 24.1 Å². The lowest BCUT2D eigenvalue weighted by molar-refractivity contribution is 0.0937. The van der Waals surface area contributed by atoms with E-state index in [0.29, 0.717) is 17.5 Å². The van der Waals surface area contributed by atoms with Crippen LogP contribution in [0.5, 0.6) is 0 Å². The van der Waals surface area contributed by atoms with Crippen molar-refractivity contribution in [3.8, 4) is 6.07 Å². The molecule has 0 spiro atoms. The number of hydrogen-bond acceptors (Lipinski definition) is 6. The number of thioether (sulfide) groups is 1. The highest BCUT2D eigenvalue weighted by Crippen LogP contribution is 2.35. The van der Waals surface area contributed by atoms with Crippen LogP contribution in [0.4, 0.5) is 0 Å². The van der Waals surface area contributed by atoms with E-state index in [9.17, 15) is 4.79 Å². The van der Waals surface area contributed by atoms with E-state index in [4.69, 9.17) is 15.0 Å². The topological polar surface area (TPSA) is 67.9 Å². The highest BCUT2D eigenvalue weighted by molar-refractivity contribution is 7.99. The number of hydrogen-bond donors (Lipinski definition) is 0. The largest absolute Gasteiger partial charge is 0.376 e. The maximum Gasteiger partial charge on any atom is 0.263 e. The van der Waals surface area contributed by atoms with Gasteiger partial charge in [-0.1, -0.05) is 11.8 Å². The van der Waals surface area contributed by atoms with Crippen molar-refractivity contribution >= 4 is 33.3 Å². The number of ether oxygens (including phenoxy) is 1. The zero-order chi connectivity index (χ0) is 15.8. The molecular formula is C16H17N3O2S2. The van der Waals surface area contributed by atoms with Gasteiger partial charge in [-0.2, -0.15) is 5.26 Å². The Morgan fingerprint density at radius 3 is 3.13 bits per heavy atom. The lowest BCUT2D eigenvalue weighted by Gasteiger charge is -2.15. The molecule has 5 nitrogen and oxygen atoms in total. The quantitative estimate of drug-likeness (QED) is 0.628. The van der Waals surface area contributed by atoms with Crippen LogP contribution >= 0.6 is 23.1 Å². The van der Waals surface area contributed by atoms with Gasteiger partial charge in [-0.3, -0.25) is 9.36 Å². The van der Waals surface area contributed by atoms with Crippen LogP contribution in [-0.4, -0.2) is 28.0 Å². The minimum Gasteiger partial charge on any atom is -0.376 e. The molecule has 3 heterocycles. The van der Waals surface area contributed by atoms with Crippen LogP contribution in [0, 0.1) is 11.3 Å². The van der Waals surface area contributed by atoms with Crippen molar-refractivity contribution in [1.29, 1.82) is 5.26 Å². The standard InChI is InChI=1S/C16H17N3O2S2/c17-6-8-22-16-18-14-13(11-4-1-5-12(11)23-14)15(20)19(16)9-10-3-2-7-21-10/h10H,1-5,7-9H2/t10-/m1/s1. The van der Waals surface area contributed by atoms with Crippen molar-refractivity contribution in [3.05, 3.63) is 20.8 Å². The summed E-state index contributed by atoms with van der Waals surface area (Å²) in [6.45, 7) is 1.31. The molecule has 7 heteroatoms. The Hall–Kier alpha value is -1.36. The number of aryl methyl sites for hydroxylation is 2. The van der Waals surface area contributed by atoms with Gasteiger partial charge in [0, 0.05) is 11.5 Å². The van der Waals surface area contributed by atoms with Crippen LogP contribution in [0.25, 0.3) is 10.2 Å². The van der Waals surface area contributed by atoms with E-state index in [-0.39, 0.29) is 11.7 Å². The summed E-state index contributed by atoms with van der Waals surface area (Å²) in [5.41, 5.74) is 1.26. The number of thiophene rings is 1. The molecule has 1 atom stereocenters. The molecular weight excluding hydrogens is 330 g/mol. The van der Waals surface area contributed by atoms with Gasteiger partial charge in [-0.05, 0) is 37.7 Å². The highest BCUT2D eigenvalue weighted by Gasteiger charge is 2.25. The Bertz CT molecular complexity index is 844. The molecule has 0 aromatic carbocycles. The molecule has 1 saturated heterocycles. The third-order valence-corrected chi connectivity index (χ3v) is 6.49. The van der Waals surface area contributed by atoms with Crippen molar-refractivity contribution in [2.24, 2.45) is 0 Å². The van der Waals surface area contributed by atoms with E-state index in [0.717, 1.165) is 48.9 Å². The molecule has 0 radical (unpaired) electrons. The fourth-order valence-corrected chi connectivity index (χ4v) is 5.39. The molecule has 0 bridgehead atoms. The summed E-state index contributed by atoms with van der Waals surface area (Å²) in [5, 5.41) is 10.3. The fourth-order valence-electron chi connectivity index (χ4n) is 3.42. The molecule has 0 N–H and O–H groups in total. The first-order valence-electron chi connectivity index (χ1n) is 7.94. The molecule has 4 rings (SSSR count). The Balaban J connectivity index is 1.83. The summed E-state index contributed by atoms with van der Waals surface area (Å²) in [6.07, 6.45) is 5.28. The monoisotopic (exact) mass is 347 g/mol. The minimum absolute atomic E-state index is 0.0466. The molecule has 0 unspecified atom stereocenters. The lowest BCUT2D eigenvalue weighted by Crippen LogP contribution is -2.28. The molecule has 1 aliphatic carbocycles. The summed E-state index contributed by atoms with van der Waals surface area (Å²) in [4.78, 5) is 20.0. The number of nitrogens with zero attached hydrogens (tertiary/aromatic N) is 3. The molecule has 0 saturated carbocycles. The second-order valence-corrected chi connectivity index (χ2v) is 7.96. The first-order chi connectivity index (χ1) is 11.3. The molecule has 23 heavy (non-hydrogen) atoms. The zero-order valence-electron chi connectivity index (χ0n) is 12.7. The summed E-state index contributed by atoms with van der Waals surface area (Å²) < 4.78 is 7.44. The summed E-state index contributed by atoms with van der Waals surface area (Å²) >= 11 is 2.99. The smallest absolute Gasteiger partial charge is 0.263 e. The van der Waals surface area contributed by atoms with Crippen molar-refractivity contribution in [2.45, 2.75) is 49.9 Å². The van der Waals surface area contributed by atoms with Crippen molar-refractivity contribution < 1.29 is 4.74 Å². The number of rotatable bonds is 4. The predicted molar refractivity (Wildman–Crippen MR) is 91.2 cm³/mol. The van der Waals surface area contributed by atoms with Crippen LogP contribution in [0.1, 0.15) is 29.7 Å². The molecule has 2 aromatic rings. The zero-order valence-corrected chi connectivity index (χ0v) is 14.3. The van der Waals surface area contributed by atoms with Crippen molar-refractivity contribution in [2.75, 3.05) is 12.4 Å². The van der Waals surface area contributed by atoms with Crippen LogP contribution in [0.15, 0.2) is 9.95 Å². The van der Waals surface area contributed by atoms with Crippen molar-refractivity contribution in [3.63, 3.8) is 0 Å². The maximum absolute atomic E-state index is 13.1. The van der Waals surface area contributed by atoms with Gasteiger partial charge in [-0.15, -0.1) is 11.3 Å². The Kier molecular flexibility index (Phi) is 4.14. The highest BCUT2D eigenvalue weighted by atomic mass is 32.2. The number of fused-ring (bicyclic) bond motifs is 3. The summed E-state index contributed by atoms with van der Waals surface area (Å²) in [5.74, 6) is 0.300. The molecule has 0 amide bonds. The average molecular weight is 347 g/mol. The van der Waals surface area contributed by atoms with E-state index >= 15 is 0 Å². The van der Waals surface area contributed by atoms with Crippen molar-refractivity contribution in [1.82, 2.24) is 9.55 Å². The average Bonchev–Trinajstić information content (AvgIpc) is 3.24. The summed E-state index contributed by atoms with van der Waals surface area (Å²) in [6, 6.07) is 2.12. The third kappa shape index (κ3) is 2.69. The van der Waals surface area contributed by atoms with Gasteiger partial charge in [-0.25, -0.2) is 4.98 Å². The van der Waals surface area contributed by atoms with Gasteiger partial charge in [0.1, 0.15) is 4.83 Å². The van der Waals surface area contributed by atoms with E-state index in [1.165, 1.54) is 22.2 Å². The molecule has 2 aromatic heterocycles. The minimum atomic E-state index is 0.0466. The van der Waals surface area contributed by atoms with Gasteiger partial charge in [0.2, 0.25) is 0 Å². The first kappa shape index (κ1) is 15.2. The Morgan fingerprint density at radius 1 is 1.43 bits per heavy atom. The second kappa shape index (κ2) is 6.27. The molecule has 120 valence electrons. The van der Waals surface area contributed by atoms with Crippen LogP contribution in [0.3, 0.4) is 0 Å². The van der Waals surface area contributed by atoms with Gasteiger partial charge in [0.25, 0.3) is 5.56 Å². The predicted octanol–water partition coefficient (Wildman–Crippen LogP) is 2.74. The normalized spacial score (nSPS) is 20.0. The fraction of sp³-hybridized carbons (Fsp3) is 0.562. The third-order valence-electron chi connectivity index (χ3n) is 4.47. The maximum atomic E-state index is 13.1. The first-order valence-corrected chi connectivity index (χ1v) is 9.74. The SMILES string of the molecule is N#CCSc1nc2sc3c(c2c(=O)n1C[C@H]1CCCO1)CCC3. The number of nitriles is 1. The molecule has 1 aliphatic heterocycles. The lowest BCUT2D eigenvalue weighted by atomic mass is 10.2. The van der Waals surface area contributed by atoms with Gasteiger partial charge >= 0.3 is 0 Å². The van der Waals surface area contributed by atoms with E-state index in [2.05, 4.69) is 6.07 Å². The van der Waals surface area contributed by atoms with Gasteiger partial charge in [0.05, 0.1) is 29.9 Å². The van der Waals surface area contributed by atoms with E-state index < -0.39 is 0 Å². The van der Waals surface area contributed by atoms with E-state index in [1.807, 2.05) is 0 Å². The number of aromatic nitrogens is 2. The van der Waals surface area contributed by atoms with Gasteiger partial charge in [0.15, 0.2) is 5.16 Å². The summed E-state index contributed by atoms with van der Waals surface area (Å²) in [7, 11) is 0. The Morgan fingerprint density at radius 2 is 2.35 bits per heavy atom. The van der Waals surface area contributed by atoms with Crippen LogP contribution < -0.4 is 5.56 Å². The van der Waals surface area contributed by atoms with Crippen LogP contribution in [0.2, 0.25) is 0 Å². The molecule has 2 aliphatic rings. The molecule has 1 fully saturated rings.